The molecule has 208 valence electrons. The monoisotopic (exact) mass is 541 g/mol. The lowest BCUT2D eigenvalue weighted by atomic mass is 9.98. The molecule has 1 aliphatic heterocycles. The molecule has 7 heteroatoms. The molecule has 0 radical (unpaired) electrons. The second-order valence-electron chi connectivity index (χ2n) is 10.5. The molecule has 0 bridgehead atoms. The molecule has 3 rings (SSSR count). The first-order valence-corrected chi connectivity index (χ1v) is 15.7. The first-order chi connectivity index (χ1) is 18.2. The average molecular weight is 542 g/mol. The fraction of sp³-hybridized carbons (Fsp3) is 0.581. The molecule has 0 amide bonds. The van der Waals surface area contributed by atoms with Crippen LogP contribution in [0.5, 0.6) is 0 Å². The fourth-order valence-corrected chi connectivity index (χ4v) is 5.85. The number of unbranched alkanes of at least 4 members (excludes halogenated alkanes) is 2. The number of rotatable bonds is 11. The van der Waals surface area contributed by atoms with Gasteiger partial charge in [0.15, 0.2) is 14.6 Å². The Labute approximate surface area is 229 Å². The first kappa shape index (κ1) is 30.1. The molecule has 1 aliphatic carbocycles. The zero-order valence-corrected chi connectivity index (χ0v) is 24.1. The Bertz CT molecular complexity index is 1150. The van der Waals surface area contributed by atoms with E-state index in [9.17, 15) is 13.2 Å². The summed E-state index contributed by atoms with van der Waals surface area (Å²) in [5, 5.41) is 0. The smallest absolute Gasteiger partial charge is 0.326 e. The molecule has 1 atom stereocenters. The minimum Gasteiger partial charge on any atom is -0.468 e. The van der Waals surface area contributed by atoms with Crippen LogP contribution in [0, 0.1) is 11.8 Å². The Morgan fingerprint density at radius 2 is 1.84 bits per heavy atom. The molecule has 38 heavy (non-hydrogen) atoms. The Hall–Kier alpha value is -2.40. The van der Waals surface area contributed by atoms with Crippen LogP contribution in [-0.2, 0) is 24.1 Å². The van der Waals surface area contributed by atoms with Crippen molar-refractivity contribution >= 4 is 21.4 Å². The molecule has 2 aliphatic rings. The van der Waals surface area contributed by atoms with Gasteiger partial charge in [0.25, 0.3) is 0 Å². The second kappa shape index (κ2) is 14.7. The zero-order valence-electron chi connectivity index (χ0n) is 23.3. The van der Waals surface area contributed by atoms with Gasteiger partial charge in [-0.25, -0.2) is 8.42 Å². The number of carbonyl (C=O) groups is 1. The van der Waals surface area contributed by atoms with E-state index in [2.05, 4.69) is 53.2 Å². The van der Waals surface area contributed by atoms with E-state index < -0.39 is 20.6 Å². The van der Waals surface area contributed by atoms with Crippen LogP contribution in [0.15, 0.2) is 42.0 Å². The van der Waals surface area contributed by atoms with Gasteiger partial charge >= 0.3 is 5.97 Å². The highest BCUT2D eigenvalue weighted by molar-refractivity contribution is 7.92. The van der Waals surface area contributed by atoms with Crippen molar-refractivity contribution in [2.75, 3.05) is 46.2 Å². The van der Waals surface area contributed by atoms with E-state index in [0.29, 0.717) is 6.42 Å². The van der Waals surface area contributed by atoms with Gasteiger partial charge in [0, 0.05) is 31.3 Å². The van der Waals surface area contributed by atoms with Crippen LogP contribution in [0.1, 0.15) is 75.8 Å². The van der Waals surface area contributed by atoms with Crippen LogP contribution in [0.25, 0.3) is 5.57 Å². The van der Waals surface area contributed by atoms with Gasteiger partial charge in [0.05, 0.1) is 20.3 Å². The van der Waals surface area contributed by atoms with Crippen LogP contribution in [-0.4, -0.2) is 70.2 Å². The summed E-state index contributed by atoms with van der Waals surface area (Å²) in [6, 6.07) is 8.53. The predicted molar refractivity (Wildman–Crippen MR) is 153 cm³/mol. The third-order valence-electron chi connectivity index (χ3n) is 7.66. The van der Waals surface area contributed by atoms with Crippen molar-refractivity contribution < 1.29 is 22.7 Å². The van der Waals surface area contributed by atoms with E-state index in [0.717, 1.165) is 83.2 Å². The van der Waals surface area contributed by atoms with Crippen molar-refractivity contribution in [3.63, 3.8) is 0 Å². The summed E-state index contributed by atoms with van der Waals surface area (Å²) < 4.78 is 33.1. The molecule has 1 unspecified atom stereocenters. The number of methoxy groups -OCH3 is 1. The lowest BCUT2D eigenvalue weighted by Crippen LogP contribution is -2.43. The van der Waals surface area contributed by atoms with Gasteiger partial charge in [0.2, 0.25) is 0 Å². The van der Waals surface area contributed by atoms with Gasteiger partial charge in [-0.05, 0) is 88.1 Å². The maximum absolute atomic E-state index is 12.2. The Morgan fingerprint density at radius 3 is 2.53 bits per heavy atom. The lowest BCUT2D eigenvalue weighted by Gasteiger charge is -2.26. The summed E-state index contributed by atoms with van der Waals surface area (Å²) in [4.78, 5) is 14.6. The first-order valence-electron chi connectivity index (χ1n) is 13.8. The Morgan fingerprint density at radius 1 is 1.11 bits per heavy atom. The summed E-state index contributed by atoms with van der Waals surface area (Å²) in [5.74, 6) is 5.94. The van der Waals surface area contributed by atoms with E-state index in [4.69, 9.17) is 9.47 Å². The van der Waals surface area contributed by atoms with Gasteiger partial charge in [0.1, 0.15) is 0 Å². The molecule has 0 spiro atoms. The predicted octanol–water partition coefficient (Wildman–Crippen LogP) is 5.18. The van der Waals surface area contributed by atoms with Gasteiger partial charge < -0.3 is 9.47 Å². The van der Waals surface area contributed by atoms with Crippen molar-refractivity contribution in [2.45, 2.75) is 69.5 Å². The van der Waals surface area contributed by atoms with Gasteiger partial charge in [-0.2, -0.15) is 0 Å². The summed E-state index contributed by atoms with van der Waals surface area (Å²) in [6.07, 6.45) is 13.3. The van der Waals surface area contributed by atoms with E-state index in [-0.39, 0.29) is 6.42 Å². The van der Waals surface area contributed by atoms with Crippen LogP contribution in [0.4, 0.5) is 0 Å². The Balaban J connectivity index is 1.45. The highest BCUT2D eigenvalue weighted by atomic mass is 32.2. The number of morpholine rings is 1. The summed E-state index contributed by atoms with van der Waals surface area (Å²) in [6.45, 7) is 6.42. The van der Waals surface area contributed by atoms with Crippen molar-refractivity contribution in [2.24, 2.45) is 0 Å². The number of hydrogen-bond acceptors (Lipinski definition) is 6. The normalized spacial score (nSPS) is 18.3. The minimum atomic E-state index is -3.57. The fourth-order valence-electron chi connectivity index (χ4n) is 4.95. The zero-order chi connectivity index (χ0) is 27.4. The second-order valence-corrected chi connectivity index (χ2v) is 12.9. The number of esters is 1. The summed E-state index contributed by atoms with van der Waals surface area (Å²) >= 11 is 0. The quantitative estimate of drug-likeness (QED) is 0.166. The summed E-state index contributed by atoms with van der Waals surface area (Å²) in [5.41, 5.74) is 4.90. The summed E-state index contributed by atoms with van der Waals surface area (Å²) in [7, 11) is -2.33. The SMILES string of the molecule is COC(=O)C(C)(CCCC1=CCCC(c2ccc(C#CCCCCN3CCOCC3)cc2)=CC1)S(C)(=O)=O. The van der Waals surface area contributed by atoms with E-state index >= 15 is 0 Å². The molecule has 1 aromatic carbocycles. The van der Waals surface area contributed by atoms with Gasteiger partial charge in [-0.3, -0.25) is 9.69 Å². The molecule has 0 aromatic heterocycles. The molecular formula is C31H43NO5S. The highest BCUT2D eigenvalue weighted by Crippen LogP contribution is 2.30. The molecule has 0 saturated carbocycles. The van der Waals surface area contributed by atoms with Crippen molar-refractivity contribution in [3.8, 4) is 11.8 Å². The maximum Gasteiger partial charge on any atom is 0.326 e. The molecule has 1 aromatic rings. The van der Waals surface area contributed by atoms with Crippen LogP contribution >= 0.6 is 0 Å². The number of nitrogens with zero attached hydrogens (tertiary/aromatic N) is 1. The number of hydrogen-bond donors (Lipinski definition) is 0. The number of allylic oxidation sites excluding steroid dienone is 4. The van der Waals surface area contributed by atoms with Crippen molar-refractivity contribution in [1.82, 2.24) is 4.90 Å². The third-order valence-corrected chi connectivity index (χ3v) is 9.67. The van der Waals surface area contributed by atoms with E-state index in [1.165, 1.54) is 37.2 Å². The van der Waals surface area contributed by atoms with Crippen LogP contribution in [0.2, 0.25) is 0 Å². The lowest BCUT2D eigenvalue weighted by molar-refractivity contribution is -0.143. The Kier molecular flexibility index (Phi) is 11.6. The molecule has 1 saturated heterocycles. The molecule has 0 N–H and O–H groups in total. The van der Waals surface area contributed by atoms with Crippen molar-refractivity contribution in [3.05, 3.63) is 53.1 Å². The topological polar surface area (TPSA) is 72.9 Å². The maximum atomic E-state index is 12.2. The molecule has 1 heterocycles. The van der Waals surface area contributed by atoms with Gasteiger partial charge in [-0.1, -0.05) is 41.7 Å². The number of ether oxygens (including phenoxy) is 2. The van der Waals surface area contributed by atoms with Crippen LogP contribution in [0.3, 0.4) is 0 Å². The highest BCUT2D eigenvalue weighted by Gasteiger charge is 2.44. The third kappa shape index (κ3) is 8.83. The van der Waals surface area contributed by atoms with Crippen LogP contribution < -0.4 is 0 Å². The van der Waals surface area contributed by atoms with E-state index in [1.54, 1.807) is 0 Å². The number of sulfone groups is 1. The molecule has 1 fully saturated rings. The number of benzene rings is 1. The van der Waals surface area contributed by atoms with Crippen molar-refractivity contribution in [1.29, 1.82) is 0 Å². The standard InChI is InChI=1S/C31H43NO5S/c1-31(30(33)36-2,38(3,34)35)20-9-12-26-11-8-13-28(17-14-26)29-18-15-27(16-19-29)10-6-4-5-7-21-32-22-24-37-25-23-32/h11,15-19H,4-5,7-9,12-14,20-25H2,1-3H3. The molecular weight excluding hydrogens is 498 g/mol. The average Bonchev–Trinajstić information content (AvgIpc) is 3.16. The van der Waals surface area contributed by atoms with Gasteiger partial charge in [-0.15, -0.1) is 0 Å². The molecule has 6 nitrogen and oxygen atoms in total. The number of carbonyl (C=O) groups excluding carboxylic acids is 1. The minimum absolute atomic E-state index is 0.253. The van der Waals surface area contributed by atoms with E-state index in [1.807, 2.05) is 0 Å². The largest absolute Gasteiger partial charge is 0.468 e.